The molecule has 0 aliphatic heterocycles. The summed E-state index contributed by atoms with van der Waals surface area (Å²) in [5.74, 6) is -1.66. The number of nitrogens with zero attached hydrogens (tertiary/aromatic N) is 5. The Bertz CT molecular complexity index is 982. The number of anilines is 1. The summed E-state index contributed by atoms with van der Waals surface area (Å²) >= 11 is 1.10. The number of hydrogen-bond acceptors (Lipinski definition) is 5. The molecule has 3 rings (SSSR count). The fraction of sp³-hybridized carbons (Fsp3) is 0.389. The Kier molecular flexibility index (Phi) is 5.52. The number of carbonyl (C=O) groups is 1. The smallest absolute Gasteiger partial charge is 0.278 e. The highest BCUT2D eigenvalue weighted by atomic mass is 32.1. The molecule has 0 bridgehead atoms. The predicted molar refractivity (Wildman–Crippen MR) is 102 cm³/mol. The Morgan fingerprint density at radius 1 is 1.22 bits per heavy atom. The first-order chi connectivity index (χ1) is 12.8. The van der Waals surface area contributed by atoms with Gasteiger partial charge in [-0.15, -0.1) is 0 Å². The summed E-state index contributed by atoms with van der Waals surface area (Å²) in [6, 6.07) is 3.74. The molecule has 0 fully saturated rings. The third-order valence-electron chi connectivity index (χ3n) is 4.09. The van der Waals surface area contributed by atoms with E-state index in [1.807, 2.05) is 25.9 Å². The van der Waals surface area contributed by atoms with Crippen molar-refractivity contribution in [3.05, 3.63) is 41.2 Å². The van der Waals surface area contributed by atoms with E-state index < -0.39 is 11.6 Å². The number of hydrogen-bond donors (Lipinski definition) is 0. The number of rotatable bonds is 6. The highest BCUT2D eigenvalue weighted by Gasteiger charge is 2.24. The van der Waals surface area contributed by atoms with Crippen LogP contribution in [0.2, 0.25) is 0 Å². The number of amides is 1. The minimum atomic E-state index is -0.732. The fourth-order valence-electron chi connectivity index (χ4n) is 2.84. The number of carbonyl (C=O) groups excluding carboxylic acids is 1. The second-order valence-electron chi connectivity index (χ2n) is 6.64. The van der Waals surface area contributed by atoms with Gasteiger partial charge < -0.3 is 4.90 Å². The zero-order valence-electron chi connectivity index (χ0n) is 15.7. The summed E-state index contributed by atoms with van der Waals surface area (Å²) in [5.41, 5.74) is 1.22. The van der Waals surface area contributed by atoms with E-state index in [0.29, 0.717) is 28.5 Å². The van der Waals surface area contributed by atoms with E-state index in [9.17, 15) is 13.6 Å². The lowest BCUT2D eigenvalue weighted by atomic mass is 10.3. The molecule has 0 saturated carbocycles. The Morgan fingerprint density at radius 2 is 1.96 bits per heavy atom. The summed E-state index contributed by atoms with van der Waals surface area (Å²) in [7, 11) is 5.60. The first kappa shape index (κ1) is 19.4. The summed E-state index contributed by atoms with van der Waals surface area (Å²) in [6.45, 7) is 3.00. The van der Waals surface area contributed by atoms with E-state index >= 15 is 0 Å². The lowest BCUT2D eigenvalue weighted by molar-refractivity contribution is 0.0977. The monoisotopic (exact) mass is 393 g/mol. The van der Waals surface area contributed by atoms with Gasteiger partial charge in [0.05, 0.1) is 10.4 Å². The second kappa shape index (κ2) is 7.69. The molecular weight excluding hydrogens is 372 g/mol. The molecule has 0 atom stereocenters. The molecular formula is C18H21F2N5OS. The summed E-state index contributed by atoms with van der Waals surface area (Å²) < 4.78 is 29.5. The lowest BCUT2D eigenvalue weighted by Crippen LogP contribution is -2.34. The van der Waals surface area contributed by atoms with Crippen molar-refractivity contribution < 1.29 is 13.6 Å². The van der Waals surface area contributed by atoms with Gasteiger partial charge in [0.25, 0.3) is 5.91 Å². The molecule has 1 amide bonds. The molecule has 9 heteroatoms. The topological polar surface area (TPSA) is 54.3 Å². The Balaban J connectivity index is 2.00. The molecule has 1 aromatic carbocycles. The van der Waals surface area contributed by atoms with Crippen molar-refractivity contribution in [3.8, 4) is 0 Å². The van der Waals surface area contributed by atoms with Crippen LogP contribution in [0.3, 0.4) is 0 Å². The normalized spacial score (nSPS) is 11.5. The van der Waals surface area contributed by atoms with Crippen molar-refractivity contribution in [1.82, 2.24) is 19.7 Å². The number of fused-ring (bicyclic) bond motifs is 1. The minimum Gasteiger partial charge on any atom is -0.309 e. The van der Waals surface area contributed by atoms with E-state index in [2.05, 4.69) is 10.1 Å². The molecule has 2 heterocycles. The highest BCUT2D eigenvalue weighted by Crippen LogP contribution is 2.32. The first-order valence-electron chi connectivity index (χ1n) is 8.49. The van der Waals surface area contributed by atoms with Crippen molar-refractivity contribution in [2.45, 2.75) is 13.3 Å². The molecule has 0 saturated heterocycles. The lowest BCUT2D eigenvalue weighted by Gasteiger charge is -2.20. The van der Waals surface area contributed by atoms with Gasteiger partial charge in [0, 0.05) is 19.7 Å². The average Bonchev–Trinajstić information content (AvgIpc) is 3.13. The van der Waals surface area contributed by atoms with Crippen molar-refractivity contribution in [2.75, 3.05) is 32.1 Å². The third-order valence-corrected chi connectivity index (χ3v) is 5.11. The molecule has 0 N–H and O–H groups in total. The summed E-state index contributed by atoms with van der Waals surface area (Å²) in [5, 5.41) is 4.56. The highest BCUT2D eigenvalue weighted by molar-refractivity contribution is 7.22. The molecule has 0 radical (unpaired) electrons. The van der Waals surface area contributed by atoms with Crippen LogP contribution in [-0.2, 0) is 7.05 Å². The number of aromatic nitrogens is 3. The maximum Gasteiger partial charge on any atom is 0.278 e. The Hall–Kier alpha value is -2.39. The van der Waals surface area contributed by atoms with Crippen LogP contribution in [0.1, 0.15) is 22.6 Å². The predicted octanol–water partition coefficient (Wildman–Crippen LogP) is 3.21. The molecule has 0 aliphatic rings. The van der Waals surface area contributed by atoms with Crippen LogP contribution in [0.15, 0.2) is 18.2 Å². The van der Waals surface area contributed by atoms with Crippen molar-refractivity contribution >= 4 is 32.6 Å². The van der Waals surface area contributed by atoms with Gasteiger partial charge in [-0.3, -0.25) is 14.4 Å². The first-order valence-corrected chi connectivity index (χ1v) is 9.30. The zero-order chi connectivity index (χ0) is 19.7. The number of aryl methyl sites for hydroxylation is 2. The molecule has 0 spiro atoms. The van der Waals surface area contributed by atoms with E-state index in [-0.39, 0.29) is 11.4 Å². The average molecular weight is 393 g/mol. The molecule has 0 aliphatic carbocycles. The van der Waals surface area contributed by atoms with Crippen LogP contribution < -0.4 is 4.90 Å². The van der Waals surface area contributed by atoms with Gasteiger partial charge in [-0.25, -0.2) is 13.8 Å². The van der Waals surface area contributed by atoms with Crippen LogP contribution in [0.4, 0.5) is 13.9 Å². The largest absolute Gasteiger partial charge is 0.309 e. The van der Waals surface area contributed by atoms with E-state index in [0.717, 1.165) is 29.6 Å². The van der Waals surface area contributed by atoms with E-state index in [4.69, 9.17) is 0 Å². The SMILES string of the molecule is Cc1cc(C(=O)N(CCCN(C)C)c2nc3c(F)cc(F)cc3s2)n(C)n1. The van der Waals surface area contributed by atoms with Gasteiger partial charge in [0.1, 0.15) is 17.0 Å². The molecule has 2 aromatic heterocycles. The van der Waals surface area contributed by atoms with Crippen LogP contribution in [0, 0.1) is 18.6 Å². The van der Waals surface area contributed by atoms with Crippen LogP contribution in [0.5, 0.6) is 0 Å². The Morgan fingerprint density at radius 3 is 2.59 bits per heavy atom. The molecule has 144 valence electrons. The zero-order valence-corrected chi connectivity index (χ0v) is 16.5. The van der Waals surface area contributed by atoms with Gasteiger partial charge in [-0.05, 0) is 46.1 Å². The van der Waals surface area contributed by atoms with Crippen molar-refractivity contribution in [1.29, 1.82) is 0 Å². The van der Waals surface area contributed by atoms with Crippen LogP contribution >= 0.6 is 11.3 Å². The standard InChI is InChI=1S/C18H21F2N5OS/c1-11-8-14(24(4)22-11)17(26)25(7-5-6-23(2)3)18-21-16-13(20)9-12(19)10-15(16)27-18/h8-10H,5-7H2,1-4H3. The van der Waals surface area contributed by atoms with Crippen LogP contribution in [0.25, 0.3) is 10.2 Å². The molecule has 6 nitrogen and oxygen atoms in total. The Labute approximate surface area is 160 Å². The van der Waals surface area contributed by atoms with E-state index in [1.165, 1.54) is 15.6 Å². The van der Waals surface area contributed by atoms with Gasteiger partial charge >= 0.3 is 0 Å². The molecule has 0 unspecified atom stereocenters. The van der Waals surface area contributed by atoms with Crippen molar-refractivity contribution in [2.24, 2.45) is 7.05 Å². The van der Waals surface area contributed by atoms with Gasteiger partial charge in [-0.1, -0.05) is 11.3 Å². The number of benzene rings is 1. The fourth-order valence-corrected chi connectivity index (χ4v) is 3.87. The second-order valence-corrected chi connectivity index (χ2v) is 7.65. The van der Waals surface area contributed by atoms with Crippen molar-refractivity contribution in [3.63, 3.8) is 0 Å². The van der Waals surface area contributed by atoms with Gasteiger partial charge in [0.2, 0.25) is 0 Å². The molecule has 3 aromatic rings. The van der Waals surface area contributed by atoms with E-state index in [1.54, 1.807) is 13.1 Å². The van der Waals surface area contributed by atoms with Gasteiger partial charge in [0.15, 0.2) is 10.9 Å². The molecule has 27 heavy (non-hydrogen) atoms. The maximum atomic E-state index is 14.1. The minimum absolute atomic E-state index is 0.0722. The van der Waals surface area contributed by atoms with Gasteiger partial charge in [-0.2, -0.15) is 5.10 Å². The van der Waals surface area contributed by atoms with Crippen LogP contribution in [-0.4, -0.2) is 52.8 Å². The maximum absolute atomic E-state index is 14.1. The summed E-state index contributed by atoms with van der Waals surface area (Å²) in [4.78, 5) is 20.9. The number of thiazole rings is 1. The third kappa shape index (κ3) is 4.14. The quantitative estimate of drug-likeness (QED) is 0.645. The number of halogens is 2. The summed E-state index contributed by atoms with van der Waals surface area (Å²) in [6.07, 6.45) is 0.711.